The van der Waals surface area contributed by atoms with Crippen LogP contribution in [0.5, 0.6) is 5.75 Å². The number of nitrogens with one attached hydrogen (secondary N) is 1. The lowest BCUT2D eigenvalue weighted by atomic mass is 9.76. The molecule has 0 spiro atoms. The number of fused-ring (bicyclic) bond motifs is 4. The standard InChI is InChI=1S/C26H24N2O3/c1-31-19-12-10-17(11-13-19)16-27-25(29)23-21-8-4-5-9-22(21)26(30)28-15-14-18-6-2-3-7-20(18)24(23)28/h2-13,23-24H,14-16H2,1H3,(H,27,29)/t23-,24+/m1/s1. The maximum Gasteiger partial charge on any atom is 0.254 e. The Kier molecular flexibility index (Phi) is 4.94. The topological polar surface area (TPSA) is 58.6 Å². The Bertz CT molecular complexity index is 1140. The molecular formula is C26H24N2O3. The lowest BCUT2D eigenvalue weighted by Crippen LogP contribution is -2.50. The van der Waals surface area contributed by atoms with Crippen LogP contribution in [0.1, 0.15) is 44.6 Å². The van der Waals surface area contributed by atoms with E-state index in [9.17, 15) is 9.59 Å². The normalized spacial score (nSPS) is 19.1. The summed E-state index contributed by atoms with van der Waals surface area (Å²) in [7, 11) is 1.63. The van der Waals surface area contributed by atoms with Crippen molar-refractivity contribution in [2.45, 2.75) is 24.9 Å². The number of ether oxygens (including phenoxy) is 1. The molecule has 2 heterocycles. The van der Waals surface area contributed by atoms with E-state index in [4.69, 9.17) is 4.74 Å². The second-order valence-corrected chi connectivity index (χ2v) is 8.02. The zero-order valence-corrected chi connectivity index (χ0v) is 17.4. The summed E-state index contributed by atoms with van der Waals surface area (Å²) in [5.41, 5.74) is 4.71. The summed E-state index contributed by atoms with van der Waals surface area (Å²) in [5.74, 6) is 0.273. The zero-order valence-electron chi connectivity index (χ0n) is 17.4. The first kappa shape index (κ1) is 19.4. The molecule has 2 atom stereocenters. The Morgan fingerprint density at radius 2 is 1.71 bits per heavy atom. The highest BCUT2D eigenvalue weighted by Crippen LogP contribution is 2.45. The number of carbonyl (C=O) groups is 2. The van der Waals surface area contributed by atoms with Crippen molar-refractivity contribution in [3.8, 4) is 5.75 Å². The molecule has 5 heteroatoms. The number of rotatable bonds is 4. The van der Waals surface area contributed by atoms with Crippen LogP contribution in [-0.2, 0) is 17.8 Å². The average molecular weight is 412 g/mol. The second kappa shape index (κ2) is 7.91. The first-order valence-corrected chi connectivity index (χ1v) is 10.6. The van der Waals surface area contributed by atoms with E-state index in [0.717, 1.165) is 28.9 Å². The summed E-state index contributed by atoms with van der Waals surface area (Å²) < 4.78 is 5.21. The van der Waals surface area contributed by atoms with Gasteiger partial charge in [0, 0.05) is 18.7 Å². The Morgan fingerprint density at radius 1 is 1.00 bits per heavy atom. The summed E-state index contributed by atoms with van der Waals surface area (Å²) in [5, 5.41) is 3.11. The van der Waals surface area contributed by atoms with E-state index in [0.29, 0.717) is 18.7 Å². The molecule has 0 saturated heterocycles. The number of nitrogens with zero attached hydrogens (tertiary/aromatic N) is 1. The van der Waals surface area contributed by atoms with Gasteiger partial charge in [0.2, 0.25) is 5.91 Å². The van der Waals surface area contributed by atoms with Crippen molar-refractivity contribution in [3.05, 3.63) is 101 Å². The van der Waals surface area contributed by atoms with E-state index in [1.54, 1.807) is 7.11 Å². The average Bonchev–Trinajstić information content (AvgIpc) is 2.83. The Hall–Kier alpha value is -3.60. The Balaban J connectivity index is 1.50. The van der Waals surface area contributed by atoms with E-state index in [1.165, 1.54) is 5.56 Å². The quantitative estimate of drug-likeness (QED) is 0.708. The summed E-state index contributed by atoms with van der Waals surface area (Å²) >= 11 is 0. The van der Waals surface area contributed by atoms with Crippen LogP contribution in [-0.4, -0.2) is 30.4 Å². The van der Waals surface area contributed by atoms with Gasteiger partial charge < -0.3 is 15.0 Å². The highest BCUT2D eigenvalue weighted by Gasteiger charge is 2.45. The van der Waals surface area contributed by atoms with Gasteiger partial charge >= 0.3 is 0 Å². The van der Waals surface area contributed by atoms with Gasteiger partial charge in [0.05, 0.1) is 19.1 Å². The molecular weight excluding hydrogens is 388 g/mol. The van der Waals surface area contributed by atoms with E-state index in [1.807, 2.05) is 65.6 Å². The highest BCUT2D eigenvalue weighted by molar-refractivity contribution is 6.01. The van der Waals surface area contributed by atoms with Crippen molar-refractivity contribution >= 4 is 11.8 Å². The molecule has 156 valence electrons. The van der Waals surface area contributed by atoms with Gasteiger partial charge in [-0.05, 0) is 46.9 Å². The fraction of sp³-hybridized carbons (Fsp3) is 0.231. The molecule has 2 amide bonds. The van der Waals surface area contributed by atoms with Gasteiger partial charge in [0.1, 0.15) is 5.75 Å². The SMILES string of the molecule is COc1ccc(CNC(=O)[C@@H]2c3ccccc3C(=O)N3CCc4ccccc4[C@@H]23)cc1. The molecule has 5 nitrogen and oxygen atoms in total. The maximum atomic E-state index is 13.6. The van der Waals surface area contributed by atoms with E-state index >= 15 is 0 Å². The monoisotopic (exact) mass is 412 g/mol. The van der Waals surface area contributed by atoms with Crippen LogP contribution in [0.3, 0.4) is 0 Å². The first-order chi connectivity index (χ1) is 15.2. The molecule has 31 heavy (non-hydrogen) atoms. The van der Waals surface area contributed by atoms with Crippen molar-refractivity contribution in [1.82, 2.24) is 10.2 Å². The molecule has 3 aromatic rings. The first-order valence-electron chi connectivity index (χ1n) is 10.6. The van der Waals surface area contributed by atoms with Crippen molar-refractivity contribution in [2.75, 3.05) is 13.7 Å². The summed E-state index contributed by atoms with van der Waals surface area (Å²) in [6.45, 7) is 1.04. The maximum absolute atomic E-state index is 13.6. The van der Waals surface area contributed by atoms with E-state index < -0.39 is 5.92 Å². The summed E-state index contributed by atoms with van der Waals surface area (Å²) in [4.78, 5) is 28.7. The minimum absolute atomic E-state index is 0.00862. The van der Waals surface area contributed by atoms with Crippen molar-refractivity contribution < 1.29 is 14.3 Å². The van der Waals surface area contributed by atoms with E-state index in [2.05, 4.69) is 17.4 Å². The van der Waals surface area contributed by atoms with Gasteiger partial charge in [-0.2, -0.15) is 0 Å². The number of amides is 2. The minimum atomic E-state index is -0.450. The van der Waals surface area contributed by atoms with Crippen molar-refractivity contribution in [2.24, 2.45) is 0 Å². The smallest absolute Gasteiger partial charge is 0.254 e. The Labute approximate surface area is 181 Å². The van der Waals surface area contributed by atoms with Crippen LogP contribution in [0.4, 0.5) is 0 Å². The summed E-state index contributed by atoms with van der Waals surface area (Å²) in [6, 6.07) is 23.0. The number of benzene rings is 3. The molecule has 2 aliphatic rings. The zero-order chi connectivity index (χ0) is 21.4. The predicted molar refractivity (Wildman–Crippen MR) is 118 cm³/mol. The molecule has 2 aliphatic heterocycles. The van der Waals surface area contributed by atoms with Crippen LogP contribution >= 0.6 is 0 Å². The molecule has 0 aromatic heterocycles. The second-order valence-electron chi connectivity index (χ2n) is 8.02. The molecule has 0 saturated carbocycles. The third kappa shape index (κ3) is 3.36. The molecule has 0 unspecified atom stereocenters. The fourth-order valence-electron chi connectivity index (χ4n) is 4.80. The van der Waals surface area contributed by atoms with Gasteiger partial charge in [-0.15, -0.1) is 0 Å². The van der Waals surface area contributed by atoms with Gasteiger partial charge in [-0.3, -0.25) is 9.59 Å². The number of hydrogen-bond donors (Lipinski definition) is 1. The number of hydrogen-bond acceptors (Lipinski definition) is 3. The van der Waals surface area contributed by atoms with Crippen LogP contribution in [0, 0.1) is 0 Å². The van der Waals surface area contributed by atoms with Gasteiger partial charge in [-0.25, -0.2) is 0 Å². The number of methoxy groups -OCH3 is 1. The largest absolute Gasteiger partial charge is 0.497 e. The van der Waals surface area contributed by atoms with Crippen LogP contribution in [0.25, 0.3) is 0 Å². The van der Waals surface area contributed by atoms with Crippen LogP contribution < -0.4 is 10.1 Å². The fourth-order valence-corrected chi connectivity index (χ4v) is 4.80. The Morgan fingerprint density at radius 3 is 2.48 bits per heavy atom. The highest BCUT2D eigenvalue weighted by atomic mass is 16.5. The molecule has 0 fully saturated rings. The van der Waals surface area contributed by atoms with Crippen LogP contribution in [0.2, 0.25) is 0 Å². The summed E-state index contributed by atoms with van der Waals surface area (Å²) in [6.07, 6.45) is 0.806. The lowest BCUT2D eigenvalue weighted by molar-refractivity contribution is -0.124. The van der Waals surface area contributed by atoms with Crippen molar-refractivity contribution in [1.29, 1.82) is 0 Å². The predicted octanol–water partition coefficient (Wildman–Crippen LogP) is 3.85. The molecule has 0 aliphatic carbocycles. The molecule has 3 aromatic carbocycles. The molecule has 0 radical (unpaired) electrons. The van der Waals surface area contributed by atoms with Gasteiger partial charge in [-0.1, -0.05) is 54.6 Å². The van der Waals surface area contributed by atoms with Gasteiger partial charge in [0.25, 0.3) is 5.91 Å². The van der Waals surface area contributed by atoms with Crippen LogP contribution in [0.15, 0.2) is 72.8 Å². The molecule has 5 rings (SSSR count). The van der Waals surface area contributed by atoms with Gasteiger partial charge in [0.15, 0.2) is 0 Å². The third-order valence-corrected chi connectivity index (χ3v) is 6.34. The minimum Gasteiger partial charge on any atom is -0.497 e. The molecule has 1 N–H and O–H groups in total. The molecule has 0 bridgehead atoms. The van der Waals surface area contributed by atoms with E-state index in [-0.39, 0.29) is 17.9 Å². The van der Waals surface area contributed by atoms with Crippen molar-refractivity contribution in [3.63, 3.8) is 0 Å². The lowest BCUT2D eigenvalue weighted by Gasteiger charge is -2.45. The third-order valence-electron chi connectivity index (χ3n) is 6.34. The number of carbonyl (C=O) groups excluding carboxylic acids is 2.